The molecule has 1 aliphatic carbocycles. The summed E-state index contributed by atoms with van der Waals surface area (Å²) in [5.74, 6) is 0.322. The molecule has 5 nitrogen and oxygen atoms in total. The fraction of sp³-hybridized carbons (Fsp3) is 0.412. The Bertz CT molecular complexity index is 604. The number of anilines is 1. The summed E-state index contributed by atoms with van der Waals surface area (Å²) in [6.07, 6.45) is 6.81. The van der Waals surface area contributed by atoms with Crippen LogP contribution in [0.15, 0.2) is 36.0 Å². The van der Waals surface area contributed by atoms with Crippen molar-refractivity contribution >= 4 is 17.5 Å². The molecular formula is C17H21N3O2. The summed E-state index contributed by atoms with van der Waals surface area (Å²) < 4.78 is 0. The normalized spacial score (nSPS) is 18.0. The van der Waals surface area contributed by atoms with Gasteiger partial charge in [-0.05, 0) is 42.5 Å². The highest BCUT2D eigenvalue weighted by Gasteiger charge is 2.18. The van der Waals surface area contributed by atoms with Crippen LogP contribution in [0.5, 0.6) is 0 Å². The fourth-order valence-corrected chi connectivity index (χ4v) is 3.10. The Morgan fingerprint density at radius 1 is 1.27 bits per heavy atom. The number of rotatable bonds is 5. The first-order valence-electron chi connectivity index (χ1n) is 7.84. The topological polar surface area (TPSA) is 70.2 Å². The molecule has 3 N–H and O–H groups in total. The highest BCUT2D eigenvalue weighted by atomic mass is 16.2. The second kappa shape index (κ2) is 6.64. The molecule has 0 saturated heterocycles. The van der Waals surface area contributed by atoms with Crippen LogP contribution in [0.3, 0.4) is 0 Å². The number of nitrogens with one attached hydrogen (secondary N) is 3. The molecule has 0 atom stereocenters. The van der Waals surface area contributed by atoms with Crippen molar-refractivity contribution in [1.29, 1.82) is 0 Å². The van der Waals surface area contributed by atoms with Crippen LogP contribution < -0.4 is 16.0 Å². The van der Waals surface area contributed by atoms with Gasteiger partial charge in [-0.3, -0.25) is 9.59 Å². The van der Waals surface area contributed by atoms with Crippen LogP contribution in [-0.4, -0.2) is 24.9 Å². The third kappa shape index (κ3) is 3.47. The maximum absolute atomic E-state index is 12.0. The molecule has 2 amide bonds. The Morgan fingerprint density at radius 3 is 2.82 bits per heavy atom. The van der Waals surface area contributed by atoms with Crippen LogP contribution in [-0.2, 0) is 9.59 Å². The lowest BCUT2D eigenvalue weighted by Crippen LogP contribution is -2.31. The van der Waals surface area contributed by atoms with E-state index in [9.17, 15) is 9.59 Å². The largest absolute Gasteiger partial charge is 0.372 e. The molecule has 1 saturated carbocycles. The van der Waals surface area contributed by atoms with E-state index in [1.54, 1.807) is 6.08 Å². The Kier molecular flexibility index (Phi) is 4.42. The van der Waals surface area contributed by atoms with E-state index in [0.29, 0.717) is 18.2 Å². The maximum atomic E-state index is 12.0. The van der Waals surface area contributed by atoms with Crippen molar-refractivity contribution in [3.63, 3.8) is 0 Å². The van der Waals surface area contributed by atoms with E-state index in [0.717, 1.165) is 5.69 Å². The molecule has 0 radical (unpaired) electrons. The summed E-state index contributed by atoms with van der Waals surface area (Å²) in [4.78, 5) is 23.3. The molecule has 5 heteroatoms. The monoisotopic (exact) mass is 299 g/mol. The fourth-order valence-electron chi connectivity index (χ4n) is 3.10. The number of hydrogen-bond acceptors (Lipinski definition) is 3. The molecule has 1 fully saturated rings. The molecule has 22 heavy (non-hydrogen) atoms. The van der Waals surface area contributed by atoms with Gasteiger partial charge >= 0.3 is 0 Å². The summed E-state index contributed by atoms with van der Waals surface area (Å²) in [5, 5.41) is 8.40. The van der Waals surface area contributed by atoms with Gasteiger partial charge in [0.15, 0.2) is 0 Å². The minimum absolute atomic E-state index is 0.0902. The van der Waals surface area contributed by atoms with Crippen molar-refractivity contribution in [3.8, 4) is 0 Å². The van der Waals surface area contributed by atoms with E-state index >= 15 is 0 Å². The van der Waals surface area contributed by atoms with Crippen molar-refractivity contribution in [2.75, 3.05) is 18.4 Å². The third-order valence-electron chi connectivity index (χ3n) is 4.25. The zero-order valence-corrected chi connectivity index (χ0v) is 12.5. The predicted molar refractivity (Wildman–Crippen MR) is 85.4 cm³/mol. The van der Waals surface area contributed by atoms with Gasteiger partial charge in [0.1, 0.15) is 0 Å². The molecule has 0 aromatic heterocycles. The number of carbonyl (C=O) groups excluding carboxylic acids is 2. The Balaban J connectivity index is 1.54. The second-order valence-electron chi connectivity index (χ2n) is 5.84. The van der Waals surface area contributed by atoms with Crippen molar-refractivity contribution in [1.82, 2.24) is 10.6 Å². The minimum atomic E-state index is -0.156. The van der Waals surface area contributed by atoms with Crippen LogP contribution in [0.4, 0.5) is 5.69 Å². The van der Waals surface area contributed by atoms with E-state index < -0.39 is 0 Å². The highest BCUT2D eigenvalue weighted by Crippen LogP contribution is 2.34. The molecule has 2 aliphatic rings. The standard InChI is InChI=1S/C17H21N3O2/c21-16(11-19-15-8-9-18-17(15)22)20-14-7-3-6-13(10-14)12-4-1-2-5-12/h3,6-8,10,12,19H,1-2,4-5,9,11H2,(H,18,22)(H,20,21). The predicted octanol–water partition coefficient (Wildman–Crippen LogP) is 1.89. The lowest BCUT2D eigenvalue weighted by molar-refractivity contribution is -0.117. The summed E-state index contributed by atoms with van der Waals surface area (Å²) in [5.41, 5.74) is 2.59. The summed E-state index contributed by atoms with van der Waals surface area (Å²) >= 11 is 0. The van der Waals surface area contributed by atoms with Crippen molar-refractivity contribution in [3.05, 3.63) is 41.6 Å². The zero-order valence-electron chi connectivity index (χ0n) is 12.5. The minimum Gasteiger partial charge on any atom is -0.372 e. The van der Waals surface area contributed by atoms with Crippen molar-refractivity contribution < 1.29 is 9.59 Å². The maximum Gasteiger partial charge on any atom is 0.267 e. The van der Waals surface area contributed by atoms with E-state index in [2.05, 4.69) is 28.1 Å². The molecule has 1 heterocycles. The van der Waals surface area contributed by atoms with Crippen LogP contribution in [0, 0.1) is 0 Å². The highest BCUT2D eigenvalue weighted by molar-refractivity contribution is 5.97. The third-order valence-corrected chi connectivity index (χ3v) is 4.25. The average Bonchev–Trinajstić information content (AvgIpc) is 3.17. The Labute approximate surface area is 130 Å². The first kappa shape index (κ1) is 14.6. The SMILES string of the molecule is O=C(CNC1=CCNC1=O)Nc1cccc(C2CCCC2)c1. The van der Waals surface area contributed by atoms with Gasteiger partial charge in [-0.1, -0.05) is 25.0 Å². The smallest absolute Gasteiger partial charge is 0.267 e. The molecular weight excluding hydrogens is 278 g/mol. The lowest BCUT2D eigenvalue weighted by Gasteiger charge is -2.12. The number of amides is 2. The molecule has 1 aromatic carbocycles. The molecule has 1 aliphatic heterocycles. The van der Waals surface area contributed by atoms with Gasteiger partial charge in [0.25, 0.3) is 5.91 Å². The molecule has 3 rings (SSSR count). The first-order valence-corrected chi connectivity index (χ1v) is 7.84. The second-order valence-corrected chi connectivity index (χ2v) is 5.84. The molecule has 116 valence electrons. The number of carbonyl (C=O) groups is 2. The van der Waals surface area contributed by atoms with Gasteiger partial charge in [-0.2, -0.15) is 0 Å². The van der Waals surface area contributed by atoms with Gasteiger partial charge in [0, 0.05) is 12.2 Å². The summed E-state index contributed by atoms with van der Waals surface area (Å²) in [6.45, 7) is 0.610. The summed E-state index contributed by atoms with van der Waals surface area (Å²) in [7, 11) is 0. The molecule has 0 bridgehead atoms. The van der Waals surface area contributed by atoms with E-state index in [4.69, 9.17) is 0 Å². The molecule has 0 unspecified atom stereocenters. The zero-order chi connectivity index (χ0) is 15.4. The van der Waals surface area contributed by atoms with E-state index in [1.165, 1.54) is 31.2 Å². The van der Waals surface area contributed by atoms with Gasteiger partial charge in [-0.15, -0.1) is 0 Å². The number of benzene rings is 1. The molecule has 1 aromatic rings. The molecule has 0 spiro atoms. The summed E-state index contributed by atoms with van der Waals surface area (Å²) in [6, 6.07) is 8.09. The van der Waals surface area contributed by atoms with Crippen LogP contribution in [0.2, 0.25) is 0 Å². The van der Waals surface area contributed by atoms with Crippen LogP contribution in [0.1, 0.15) is 37.2 Å². The lowest BCUT2D eigenvalue weighted by atomic mass is 9.97. The quantitative estimate of drug-likeness (QED) is 0.777. The number of hydrogen-bond donors (Lipinski definition) is 3. The first-order chi connectivity index (χ1) is 10.7. The van der Waals surface area contributed by atoms with Gasteiger partial charge in [0.05, 0.1) is 12.2 Å². The van der Waals surface area contributed by atoms with Crippen molar-refractivity contribution in [2.45, 2.75) is 31.6 Å². The Morgan fingerprint density at radius 2 is 2.09 bits per heavy atom. The van der Waals surface area contributed by atoms with E-state index in [1.807, 2.05) is 12.1 Å². The van der Waals surface area contributed by atoms with Gasteiger partial charge in [-0.25, -0.2) is 0 Å². The van der Waals surface area contributed by atoms with Gasteiger partial charge < -0.3 is 16.0 Å². The van der Waals surface area contributed by atoms with Crippen LogP contribution >= 0.6 is 0 Å². The van der Waals surface area contributed by atoms with Crippen LogP contribution in [0.25, 0.3) is 0 Å². The Hall–Kier alpha value is -2.30. The van der Waals surface area contributed by atoms with Gasteiger partial charge in [0.2, 0.25) is 5.91 Å². The van der Waals surface area contributed by atoms with E-state index in [-0.39, 0.29) is 18.4 Å². The average molecular weight is 299 g/mol. The van der Waals surface area contributed by atoms with Crippen molar-refractivity contribution in [2.24, 2.45) is 0 Å².